The maximum Gasteiger partial charge on any atom is 0.305 e. The molecule has 0 spiro atoms. The van der Waals surface area contributed by atoms with Crippen LogP contribution in [0.25, 0.3) is 0 Å². The number of amides is 2. The van der Waals surface area contributed by atoms with Gasteiger partial charge in [-0.3, -0.25) is 19.3 Å². The summed E-state index contributed by atoms with van der Waals surface area (Å²) in [6, 6.07) is -0.579. The van der Waals surface area contributed by atoms with E-state index in [1.54, 1.807) is 6.92 Å². The monoisotopic (exact) mass is 241 g/mol. The molecular weight excluding hydrogens is 222 g/mol. The molecule has 2 unspecified atom stereocenters. The Hall–Kier alpha value is -1.39. The first kappa shape index (κ1) is 13.7. The summed E-state index contributed by atoms with van der Waals surface area (Å²) in [6.07, 6.45) is -0.0151. The minimum absolute atomic E-state index is 0.186. The fraction of sp³-hybridized carbons (Fsp3) is 0.750. The lowest BCUT2D eigenvalue weighted by molar-refractivity contribution is -0.148. The van der Waals surface area contributed by atoms with E-state index >= 15 is 0 Å². The third-order valence-corrected chi connectivity index (χ3v) is 3.09. The van der Waals surface area contributed by atoms with E-state index in [1.165, 1.54) is 0 Å². The molecule has 1 fully saturated rings. The lowest BCUT2D eigenvalue weighted by atomic mass is 9.83. The van der Waals surface area contributed by atoms with Gasteiger partial charge in [0.15, 0.2) is 0 Å². The summed E-state index contributed by atoms with van der Waals surface area (Å²) in [7, 11) is 0. The van der Waals surface area contributed by atoms with Crippen molar-refractivity contribution in [3.8, 4) is 0 Å². The molecule has 5 heteroatoms. The van der Waals surface area contributed by atoms with E-state index < -0.39 is 17.4 Å². The predicted molar refractivity (Wildman–Crippen MR) is 61.1 cm³/mol. The minimum Gasteiger partial charge on any atom is -0.481 e. The number of hydrogen-bond donors (Lipinski definition) is 1. The zero-order chi connectivity index (χ0) is 13.4. The Morgan fingerprint density at radius 3 is 2.29 bits per heavy atom. The second kappa shape index (κ2) is 4.47. The molecule has 1 N–H and O–H groups in total. The van der Waals surface area contributed by atoms with Gasteiger partial charge in [0.2, 0.25) is 11.8 Å². The van der Waals surface area contributed by atoms with Crippen LogP contribution in [0.1, 0.15) is 40.5 Å². The van der Waals surface area contributed by atoms with Gasteiger partial charge in [-0.25, -0.2) is 0 Å². The number of likely N-dealkylation sites (tertiary alicyclic amines) is 1. The molecule has 17 heavy (non-hydrogen) atoms. The lowest BCUT2D eigenvalue weighted by Gasteiger charge is -2.35. The normalized spacial score (nSPS) is 23.1. The first-order chi connectivity index (χ1) is 7.64. The van der Waals surface area contributed by atoms with Crippen LogP contribution >= 0.6 is 0 Å². The molecule has 1 heterocycles. The molecule has 5 nitrogen and oxygen atoms in total. The highest BCUT2D eigenvalue weighted by atomic mass is 16.4. The van der Waals surface area contributed by atoms with Crippen molar-refractivity contribution in [2.24, 2.45) is 11.3 Å². The maximum atomic E-state index is 11.9. The molecule has 96 valence electrons. The molecule has 0 aromatic rings. The van der Waals surface area contributed by atoms with Crippen LogP contribution in [0.15, 0.2) is 0 Å². The van der Waals surface area contributed by atoms with Crippen molar-refractivity contribution in [1.29, 1.82) is 0 Å². The van der Waals surface area contributed by atoms with Crippen molar-refractivity contribution < 1.29 is 19.5 Å². The van der Waals surface area contributed by atoms with Gasteiger partial charge in [0.25, 0.3) is 0 Å². The summed E-state index contributed by atoms with van der Waals surface area (Å²) in [4.78, 5) is 35.7. The van der Waals surface area contributed by atoms with Crippen molar-refractivity contribution in [3.05, 3.63) is 0 Å². The first-order valence-electron chi connectivity index (χ1n) is 5.72. The Kier molecular flexibility index (Phi) is 3.59. The number of imide groups is 1. The molecule has 1 saturated heterocycles. The number of rotatable bonds is 3. The van der Waals surface area contributed by atoms with E-state index in [0.717, 1.165) is 4.90 Å². The van der Waals surface area contributed by atoms with Gasteiger partial charge in [0.05, 0.1) is 12.5 Å². The quantitative estimate of drug-likeness (QED) is 0.755. The lowest BCUT2D eigenvalue weighted by Crippen LogP contribution is -2.48. The van der Waals surface area contributed by atoms with E-state index in [9.17, 15) is 14.4 Å². The Morgan fingerprint density at radius 1 is 1.47 bits per heavy atom. The Labute approximate surface area is 101 Å². The Bertz CT molecular complexity index is 356. The summed E-state index contributed by atoms with van der Waals surface area (Å²) in [5.41, 5.74) is -0.437. The minimum atomic E-state index is -0.995. The van der Waals surface area contributed by atoms with Crippen molar-refractivity contribution in [1.82, 2.24) is 4.90 Å². The Morgan fingerprint density at radius 2 is 2.00 bits per heavy atom. The fourth-order valence-corrected chi connectivity index (χ4v) is 2.09. The summed E-state index contributed by atoms with van der Waals surface area (Å²) >= 11 is 0. The van der Waals surface area contributed by atoms with Gasteiger partial charge >= 0.3 is 5.97 Å². The van der Waals surface area contributed by atoms with E-state index in [-0.39, 0.29) is 30.6 Å². The average Bonchev–Trinajstić information content (AvgIpc) is 2.36. The highest BCUT2D eigenvalue weighted by molar-refractivity contribution is 6.04. The van der Waals surface area contributed by atoms with Crippen LogP contribution in [-0.2, 0) is 14.4 Å². The molecule has 0 aromatic heterocycles. The van der Waals surface area contributed by atoms with Gasteiger partial charge in [-0.05, 0) is 5.41 Å². The number of carbonyl (C=O) groups is 3. The molecule has 1 rings (SSSR count). The molecular formula is C12H19NO4. The maximum absolute atomic E-state index is 11.9. The Balaban J connectivity index is 3.02. The van der Waals surface area contributed by atoms with E-state index in [4.69, 9.17) is 5.11 Å². The highest BCUT2D eigenvalue weighted by Gasteiger charge is 2.44. The average molecular weight is 241 g/mol. The van der Waals surface area contributed by atoms with Crippen molar-refractivity contribution >= 4 is 17.8 Å². The summed E-state index contributed by atoms with van der Waals surface area (Å²) in [5.74, 6) is -1.84. The SMILES string of the molecule is CC1CC(=O)N(C(CC(=O)O)C(C)(C)C)C1=O. The number of hydrogen-bond acceptors (Lipinski definition) is 3. The van der Waals surface area contributed by atoms with Crippen molar-refractivity contribution in [2.45, 2.75) is 46.6 Å². The first-order valence-corrected chi connectivity index (χ1v) is 5.72. The smallest absolute Gasteiger partial charge is 0.305 e. The van der Waals surface area contributed by atoms with Crippen molar-refractivity contribution in [2.75, 3.05) is 0 Å². The molecule has 2 amide bonds. The van der Waals surface area contributed by atoms with E-state index in [2.05, 4.69) is 0 Å². The number of carbonyl (C=O) groups excluding carboxylic acids is 2. The van der Waals surface area contributed by atoms with Gasteiger partial charge in [-0.2, -0.15) is 0 Å². The van der Waals surface area contributed by atoms with Crippen LogP contribution in [0.4, 0.5) is 0 Å². The van der Waals surface area contributed by atoms with Gasteiger partial charge in [-0.15, -0.1) is 0 Å². The van der Waals surface area contributed by atoms with Gasteiger partial charge in [0.1, 0.15) is 0 Å². The van der Waals surface area contributed by atoms with Crippen LogP contribution in [0, 0.1) is 11.3 Å². The van der Waals surface area contributed by atoms with Crippen LogP contribution in [0.5, 0.6) is 0 Å². The molecule has 0 aliphatic carbocycles. The van der Waals surface area contributed by atoms with E-state index in [0.29, 0.717) is 0 Å². The third-order valence-electron chi connectivity index (χ3n) is 3.09. The zero-order valence-electron chi connectivity index (χ0n) is 10.7. The van der Waals surface area contributed by atoms with Crippen LogP contribution in [-0.4, -0.2) is 33.8 Å². The largest absolute Gasteiger partial charge is 0.481 e. The van der Waals surface area contributed by atoms with Gasteiger partial charge < -0.3 is 5.11 Å². The number of aliphatic carboxylic acids is 1. The molecule has 0 aromatic carbocycles. The zero-order valence-corrected chi connectivity index (χ0v) is 10.7. The van der Waals surface area contributed by atoms with Crippen LogP contribution in [0.2, 0.25) is 0 Å². The topological polar surface area (TPSA) is 74.7 Å². The number of carboxylic acids is 1. The molecule has 2 atom stereocenters. The molecule has 0 saturated carbocycles. The van der Waals surface area contributed by atoms with Gasteiger partial charge in [0, 0.05) is 12.3 Å². The number of nitrogens with zero attached hydrogens (tertiary/aromatic N) is 1. The number of carboxylic acid groups (broad SMARTS) is 1. The summed E-state index contributed by atoms with van der Waals surface area (Å²) < 4.78 is 0. The molecule has 1 aliphatic rings. The van der Waals surface area contributed by atoms with Crippen molar-refractivity contribution in [3.63, 3.8) is 0 Å². The highest BCUT2D eigenvalue weighted by Crippen LogP contribution is 2.32. The van der Waals surface area contributed by atoms with Gasteiger partial charge in [-0.1, -0.05) is 27.7 Å². The third kappa shape index (κ3) is 2.84. The van der Waals surface area contributed by atoms with E-state index in [1.807, 2.05) is 20.8 Å². The van der Waals surface area contributed by atoms with Crippen LogP contribution < -0.4 is 0 Å². The summed E-state index contributed by atoms with van der Waals surface area (Å²) in [5, 5.41) is 8.90. The molecule has 0 radical (unpaired) electrons. The standard InChI is InChI=1S/C12H19NO4/c1-7-5-9(14)13(11(7)17)8(6-10(15)16)12(2,3)4/h7-8H,5-6H2,1-4H3,(H,15,16). The summed E-state index contributed by atoms with van der Waals surface area (Å²) in [6.45, 7) is 7.21. The molecule has 1 aliphatic heterocycles. The molecule has 0 bridgehead atoms. The second-order valence-electron chi connectivity index (χ2n) is 5.69. The second-order valence-corrected chi connectivity index (χ2v) is 5.69. The fourth-order valence-electron chi connectivity index (χ4n) is 2.09. The predicted octanol–water partition coefficient (Wildman–Crippen LogP) is 1.27. The van der Waals surface area contributed by atoms with Crippen LogP contribution in [0.3, 0.4) is 0 Å².